The quantitative estimate of drug-likeness (QED) is 0.444. The Balaban J connectivity index is 2.75. The summed E-state index contributed by atoms with van der Waals surface area (Å²) in [6.07, 6.45) is 1.59. The Labute approximate surface area is 124 Å². The molecule has 1 aliphatic heterocycles. The third-order valence-electron chi connectivity index (χ3n) is 3.27. The van der Waals surface area contributed by atoms with Crippen LogP contribution in [-0.2, 0) is 19.1 Å². The number of ether oxygens (including phenoxy) is 2. The topological polar surface area (TPSA) is 93.1 Å². The number of aliphatic hydroxyl groups is 2. The van der Waals surface area contributed by atoms with Crippen LogP contribution in [0.15, 0.2) is 23.8 Å². The highest BCUT2D eigenvalue weighted by molar-refractivity contribution is 5.87. The predicted molar refractivity (Wildman–Crippen MR) is 75.3 cm³/mol. The molecule has 0 aliphatic carbocycles. The van der Waals surface area contributed by atoms with Gasteiger partial charge < -0.3 is 19.7 Å². The second kappa shape index (κ2) is 7.95. The van der Waals surface area contributed by atoms with Crippen molar-refractivity contribution >= 4 is 11.9 Å². The molecule has 4 atom stereocenters. The highest BCUT2D eigenvalue weighted by Gasteiger charge is 2.32. The van der Waals surface area contributed by atoms with Gasteiger partial charge in [0.2, 0.25) is 0 Å². The number of cyclic esters (lactones) is 1. The zero-order valence-electron chi connectivity index (χ0n) is 12.5. The van der Waals surface area contributed by atoms with Gasteiger partial charge in [0.1, 0.15) is 6.10 Å². The Bertz CT molecular complexity index is 437. The fourth-order valence-corrected chi connectivity index (χ4v) is 1.73. The molecular formula is C15H22O6. The minimum Gasteiger partial charge on any atom is -0.455 e. The van der Waals surface area contributed by atoms with Gasteiger partial charge in [-0.2, -0.15) is 0 Å². The maximum Gasteiger partial charge on any atom is 0.333 e. The lowest BCUT2D eigenvalue weighted by Crippen LogP contribution is -2.39. The molecule has 0 aromatic carbocycles. The van der Waals surface area contributed by atoms with Crippen molar-refractivity contribution in [2.24, 2.45) is 0 Å². The second-order valence-electron chi connectivity index (χ2n) is 5.02. The normalized spacial score (nSPS) is 26.3. The monoisotopic (exact) mass is 298 g/mol. The average Bonchev–Trinajstić information content (AvgIpc) is 2.45. The van der Waals surface area contributed by atoms with Crippen molar-refractivity contribution in [3.05, 3.63) is 23.8 Å². The van der Waals surface area contributed by atoms with Crippen LogP contribution in [0.5, 0.6) is 0 Å². The van der Waals surface area contributed by atoms with E-state index in [4.69, 9.17) is 9.47 Å². The van der Waals surface area contributed by atoms with Gasteiger partial charge in [-0.25, -0.2) is 4.79 Å². The standard InChI is InChI=1S/C15H22O6/c1-4-9(2)15(19)21-13-7-8-14(18)20-12(13)6-5-11(17)10(3)16/h4-6,10-13,16-17H,7-8H2,1-3H3/b6-5+,9-4+/t10-,11-,12+,13+/m0/s1. The van der Waals surface area contributed by atoms with Gasteiger partial charge in [0.05, 0.1) is 12.2 Å². The molecule has 0 aromatic heterocycles. The Morgan fingerprint density at radius 2 is 2.14 bits per heavy atom. The Morgan fingerprint density at radius 3 is 2.71 bits per heavy atom. The van der Waals surface area contributed by atoms with Crippen LogP contribution in [0.25, 0.3) is 0 Å². The van der Waals surface area contributed by atoms with Gasteiger partial charge in [0.25, 0.3) is 0 Å². The highest BCUT2D eigenvalue weighted by atomic mass is 16.6. The molecular weight excluding hydrogens is 276 g/mol. The number of rotatable bonds is 5. The summed E-state index contributed by atoms with van der Waals surface area (Å²) in [6, 6.07) is 0. The SMILES string of the molecule is C/C=C(\C)C(=O)O[C@@H]1CCC(=O)O[C@@H]1/C=C/[C@H](O)[C@H](C)O. The van der Waals surface area contributed by atoms with Crippen molar-refractivity contribution in [2.45, 2.75) is 58.0 Å². The van der Waals surface area contributed by atoms with Crippen LogP contribution in [0, 0.1) is 0 Å². The lowest BCUT2D eigenvalue weighted by molar-refractivity contribution is -0.170. The third kappa shape index (κ3) is 5.32. The Hall–Kier alpha value is -1.66. The summed E-state index contributed by atoms with van der Waals surface area (Å²) >= 11 is 0. The minimum atomic E-state index is -1.07. The maximum absolute atomic E-state index is 11.8. The molecule has 21 heavy (non-hydrogen) atoms. The first-order valence-electron chi connectivity index (χ1n) is 6.93. The van der Waals surface area contributed by atoms with Gasteiger partial charge in [-0.15, -0.1) is 0 Å². The van der Waals surface area contributed by atoms with Crippen LogP contribution < -0.4 is 0 Å². The van der Waals surface area contributed by atoms with Crippen LogP contribution in [0.4, 0.5) is 0 Å². The fourth-order valence-electron chi connectivity index (χ4n) is 1.73. The Morgan fingerprint density at radius 1 is 1.48 bits per heavy atom. The van der Waals surface area contributed by atoms with E-state index < -0.39 is 30.4 Å². The zero-order valence-corrected chi connectivity index (χ0v) is 12.5. The first-order chi connectivity index (χ1) is 9.85. The summed E-state index contributed by atoms with van der Waals surface area (Å²) in [4.78, 5) is 23.1. The van der Waals surface area contributed by atoms with E-state index in [-0.39, 0.29) is 12.4 Å². The number of carbonyl (C=O) groups is 2. The van der Waals surface area contributed by atoms with Crippen LogP contribution in [-0.4, -0.2) is 46.6 Å². The third-order valence-corrected chi connectivity index (χ3v) is 3.27. The number of esters is 2. The number of hydrogen-bond donors (Lipinski definition) is 2. The van der Waals surface area contributed by atoms with Crippen molar-refractivity contribution in [3.8, 4) is 0 Å². The van der Waals surface area contributed by atoms with Gasteiger partial charge in [0.15, 0.2) is 6.10 Å². The van der Waals surface area contributed by atoms with Crippen molar-refractivity contribution in [2.75, 3.05) is 0 Å². The van der Waals surface area contributed by atoms with Gasteiger partial charge in [-0.1, -0.05) is 12.2 Å². The van der Waals surface area contributed by atoms with Crippen LogP contribution >= 0.6 is 0 Å². The molecule has 6 nitrogen and oxygen atoms in total. The summed E-state index contributed by atoms with van der Waals surface area (Å²) in [6.45, 7) is 4.81. The molecule has 2 N–H and O–H groups in total. The summed E-state index contributed by atoms with van der Waals surface area (Å²) < 4.78 is 10.4. The van der Waals surface area contributed by atoms with Crippen molar-refractivity contribution in [1.29, 1.82) is 0 Å². The summed E-state index contributed by atoms with van der Waals surface area (Å²) in [7, 11) is 0. The van der Waals surface area contributed by atoms with E-state index in [1.807, 2.05) is 0 Å². The molecule has 1 heterocycles. The zero-order chi connectivity index (χ0) is 16.0. The van der Waals surface area contributed by atoms with E-state index in [2.05, 4.69) is 0 Å². The van der Waals surface area contributed by atoms with E-state index in [1.54, 1.807) is 19.9 Å². The second-order valence-corrected chi connectivity index (χ2v) is 5.02. The number of hydrogen-bond acceptors (Lipinski definition) is 6. The van der Waals surface area contributed by atoms with Crippen molar-refractivity contribution in [1.82, 2.24) is 0 Å². The maximum atomic E-state index is 11.8. The molecule has 118 valence electrons. The van der Waals surface area contributed by atoms with Gasteiger partial charge in [-0.3, -0.25) is 4.79 Å². The van der Waals surface area contributed by atoms with E-state index in [0.29, 0.717) is 12.0 Å². The highest BCUT2D eigenvalue weighted by Crippen LogP contribution is 2.21. The summed E-state index contributed by atoms with van der Waals surface area (Å²) in [5.74, 6) is -0.846. The van der Waals surface area contributed by atoms with Crippen molar-refractivity contribution in [3.63, 3.8) is 0 Å². The lowest BCUT2D eigenvalue weighted by Gasteiger charge is -2.29. The number of carbonyl (C=O) groups excluding carboxylic acids is 2. The van der Waals surface area contributed by atoms with E-state index in [9.17, 15) is 19.8 Å². The van der Waals surface area contributed by atoms with Gasteiger partial charge in [-0.05, 0) is 33.3 Å². The first kappa shape index (κ1) is 17.4. The first-order valence-corrected chi connectivity index (χ1v) is 6.93. The smallest absolute Gasteiger partial charge is 0.333 e. The van der Waals surface area contributed by atoms with Crippen LogP contribution in [0.3, 0.4) is 0 Å². The minimum absolute atomic E-state index is 0.177. The van der Waals surface area contributed by atoms with E-state index in [0.717, 1.165) is 0 Å². The summed E-state index contributed by atoms with van der Waals surface area (Å²) in [5, 5.41) is 18.7. The molecule has 1 saturated heterocycles. The molecule has 1 aliphatic rings. The largest absolute Gasteiger partial charge is 0.455 e. The lowest BCUT2D eigenvalue weighted by atomic mass is 10.0. The van der Waals surface area contributed by atoms with Crippen LogP contribution in [0.2, 0.25) is 0 Å². The van der Waals surface area contributed by atoms with E-state index in [1.165, 1.54) is 19.1 Å². The molecule has 0 unspecified atom stereocenters. The van der Waals surface area contributed by atoms with Crippen LogP contribution in [0.1, 0.15) is 33.6 Å². The van der Waals surface area contributed by atoms with Gasteiger partial charge in [0, 0.05) is 12.0 Å². The molecule has 0 spiro atoms. The Kier molecular flexibility index (Phi) is 6.58. The van der Waals surface area contributed by atoms with Gasteiger partial charge >= 0.3 is 11.9 Å². The number of aliphatic hydroxyl groups excluding tert-OH is 2. The predicted octanol–water partition coefficient (Wildman–Crippen LogP) is 0.868. The number of allylic oxidation sites excluding steroid dienone is 1. The molecule has 0 bridgehead atoms. The molecule has 0 aromatic rings. The molecule has 1 fully saturated rings. The molecule has 0 amide bonds. The fraction of sp³-hybridized carbons (Fsp3) is 0.600. The molecule has 1 rings (SSSR count). The molecule has 0 radical (unpaired) electrons. The summed E-state index contributed by atoms with van der Waals surface area (Å²) in [5.41, 5.74) is 0.471. The average molecular weight is 298 g/mol. The molecule has 6 heteroatoms. The van der Waals surface area contributed by atoms with Crippen molar-refractivity contribution < 1.29 is 29.3 Å². The van der Waals surface area contributed by atoms with E-state index >= 15 is 0 Å². The molecule has 0 saturated carbocycles.